The molecule has 2 aliphatic rings. The van der Waals surface area contributed by atoms with Crippen molar-refractivity contribution in [1.82, 2.24) is 0 Å². The van der Waals surface area contributed by atoms with Crippen LogP contribution in [0.3, 0.4) is 0 Å². The molecule has 9 heteroatoms. The molecule has 0 unspecified atom stereocenters. The monoisotopic (exact) mass is 502 g/mol. The van der Waals surface area contributed by atoms with Crippen LogP contribution in [0.1, 0.15) is 34.3 Å². The molecular formula is C25H24Cl2N2O5. The lowest BCUT2D eigenvalue weighted by Gasteiger charge is -2.28. The van der Waals surface area contributed by atoms with E-state index in [1.807, 2.05) is 32.0 Å². The van der Waals surface area contributed by atoms with Gasteiger partial charge in [0.25, 0.3) is 5.91 Å². The van der Waals surface area contributed by atoms with Crippen LogP contribution in [0, 0.1) is 25.7 Å². The first-order valence-electron chi connectivity index (χ1n) is 11.0. The summed E-state index contributed by atoms with van der Waals surface area (Å²) in [7, 11) is 0. The molecule has 0 aromatic heterocycles. The van der Waals surface area contributed by atoms with Gasteiger partial charge in [0.2, 0.25) is 11.8 Å². The normalized spacial score (nSPS) is 24.1. The number of imide groups is 1. The van der Waals surface area contributed by atoms with E-state index in [9.17, 15) is 19.2 Å². The summed E-state index contributed by atoms with van der Waals surface area (Å²) in [5.74, 6) is -2.94. The Morgan fingerprint density at radius 2 is 1.56 bits per heavy atom. The molecule has 0 spiro atoms. The summed E-state index contributed by atoms with van der Waals surface area (Å²) in [5.41, 5.74) is 3.01. The van der Waals surface area contributed by atoms with Crippen molar-refractivity contribution in [3.63, 3.8) is 0 Å². The van der Waals surface area contributed by atoms with Crippen LogP contribution < -0.4 is 10.2 Å². The number of nitrogens with one attached hydrogen (secondary N) is 1. The second kappa shape index (κ2) is 9.76. The third-order valence-corrected chi connectivity index (χ3v) is 7.19. The molecule has 1 aliphatic carbocycles. The average Bonchev–Trinajstić information content (AvgIpc) is 3.01. The summed E-state index contributed by atoms with van der Waals surface area (Å²) in [6.45, 7) is 3.36. The Bertz CT molecular complexity index is 1120. The van der Waals surface area contributed by atoms with Gasteiger partial charge in [-0.15, -0.1) is 23.2 Å². The van der Waals surface area contributed by atoms with Crippen molar-refractivity contribution in [2.24, 2.45) is 11.8 Å². The van der Waals surface area contributed by atoms with Crippen molar-refractivity contribution >= 4 is 58.3 Å². The highest BCUT2D eigenvalue weighted by atomic mass is 35.5. The maximum atomic E-state index is 13.0. The number of amides is 3. The molecule has 1 saturated carbocycles. The molecule has 1 aliphatic heterocycles. The first-order chi connectivity index (χ1) is 16.1. The molecule has 178 valence electrons. The van der Waals surface area contributed by atoms with E-state index in [0.29, 0.717) is 18.5 Å². The number of benzene rings is 2. The second-order valence-corrected chi connectivity index (χ2v) is 9.90. The van der Waals surface area contributed by atoms with Gasteiger partial charge in [-0.2, -0.15) is 0 Å². The number of rotatable bonds is 5. The van der Waals surface area contributed by atoms with E-state index in [1.54, 1.807) is 12.1 Å². The minimum atomic E-state index is -0.740. The third kappa shape index (κ3) is 4.95. The number of hydrogen-bond acceptors (Lipinski definition) is 5. The topological polar surface area (TPSA) is 92.8 Å². The number of fused-ring (bicyclic) bond motifs is 1. The van der Waals surface area contributed by atoms with E-state index in [4.69, 9.17) is 27.9 Å². The SMILES string of the molecule is Cc1cc(C)cc(NC(=O)COC(=O)c2cccc(N3C(=O)[C@H]4C[C@H](Cl)[C@@H](Cl)C[C@H]4C3=O)c2)c1. The van der Waals surface area contributed by atoms with E-state index in [-0.39, 0.29) is 33.8 Å². The summed E-state index contributed by atoms with van der Waals surface area (Å²) < 4.78 is 5.14. The van der Waals surface area contributed by atoms with Crippen molar-refractivity contribution in [1.29, 1.82) is 0 Å². The molecule has 1 N–H and O–H groups in total. The first-order valence-corrected chi connectivity index (χ1v) is 11.8. The number of esters is 1. The predicted molar refractivity (Wildman–Crippen MR) is 129 cm³/mol. The lowest BCUT2D eigenvalue weighted by Crippen LogP contribution is -2.34. The lowest BCUT2D eigenvalue weighted by atomic mass is 9.80. The Labute approximate surface area is 207 Å². The number of carbonyl (C=O) groups is 4. The van der Waals surface area contributed by atoms with Crippen LogP contribution in [0.4, 0.5) is 11.4 Å². The third-order valence-electron chi connectivity index (χ3n) is 6.09. The van der Waals surface area contributed by atoms with E-state index in [0.717, 1.165) is 16.0 Å². The van der Waals surface area contributed by atoms with Crippen LogP contribution >= 0.6 is 23.2 Å². The van der Waals surface area contributed by atoms with Crippen LogP contribution in [0.5, 0.6) is 0 Å². The molecule has 1 saturated heterocycles. The van der Waals surface area contributed by atoms with Crippen LogP contribution in [-0.4, -0.2) is 41.1 Å². The van der Waals surface area contributed by atoms with E-state index in [2.05, 4.69) is 5.32 Å². The van der Waals surface area contributed by atoms with E-state index in [1.165, 1.54) is 12.1 Å². The fourth-order valence-corrected chi connectivity index (χ4v) is 5.17. The number of aryl methyl sites for hydroxylation is 2. The minimum Gasteiger partial charge on any atom is -0.452 e. The highest BCUT2D eigenvalue weighted by Gasteiger charge is 2.52. The van der Waals surface area contributed by atoms with Gasteiger partial charge in [0.1, 0.15) is 0 Å². The highest BCUT2D eigenvalue weighted by molar-refractivity contribution is 6.31. The number of ether oxygens (including phenoxy) is 1. The summed E-state index contributed by atoms with van der Waals surface area (Å²) in [5, 5.41) is 1.94. The van der Waals surface area contributed by atoms with Gasteiger partial charge in [-0.3, -0.25) is 19.3 Å². The lowest BCUT2D eigenvalue weighted by molar-refractivity contribution is -0.122. The Kier molecular flexibility index (Phi) is 6.96. The standard InChI is InChI=1S/C25H24Cl2N2O5/c1-13-6-14(2)8-16(7-13)28-22(30)12-34-25(33)15-4-3-5-17(9-15)29-23(31)18-10-20(26)21(27)11-19(18)24(29)32/h3-9,18-21H,10-12H2,1-2H3,(H,28,30)/t18-,19+,20-,21-/m0/s1. The molecular weight excluding hydrogens is 479 g/mol. The molecule has 4 rings (SSSR count). The molecule has 4 atom stereocenters. The largest absolute Gasteiger partial charge is 0.452 e. The van der Waals surface area contributed by atoms with Crippen molar-refractivity contribution in [2.45, 2.75) is 37.4 Å². The van der Waals surface area contributed by atoms with Crippen LogP contribution in [-0.2, 0) is 19.1 Å². The summed E-state index contributed by atoms with van der Waals surface area (Å²) in [4.78, 5) is 51.8. The highest BCUT2D eigenvalue weighted by Crippen LogP contribution is 2.43. The maximum absolute atomic E-state index is 13.0. The molecule has 1 heterocycles. The number of halogens is 2. The van der Waals surface area contributed by atoms with Gasteiger partial charge in [-0.05, 0) is 68.1 Å². The number of anilines is 2. The summed E-state index contributed by atoms with van der Waals surface area (Å²) in [6.07, 6.45) is 0.664. The van der Waals surface area contributed by atoms with Crippen LogP contribution in [0.2, 0.25) is 0 Å². The van der Waals surface area contributed by atoms with Crippen molar-refractivity contribution in [2.75, 3.05) is 16.8 Å². The van der Waals surface area contributed by atoms with Gasteiger partial charge in [-0.1, -0.05) is 12.1 Å². The van der Waals surface area contributed by atoms with Crippen molar-refractivity contribution in [3.8, 4) is 0 Å². The number of hydrogen-bond donors (Lipinski definition) is 1. The van der Waals surface area contributed by atoms with Gasteiger partial charge >= 0.3 is 5.97 Å². The zero-order valence-electron chi connectivity index (χ0n) is 18.7. The predicted octanol–water partition coefficient (Wildman–Crippen LogP) is 4.21. The van der Waals surface area contributed by atoms with Gasteiger partial charge in [0, 0.05) is 5.69 Å². The minimum absolute atomic E-state index is 0.123. The smallest absolute Gasteiger partial charge is 0.338 e. The molecule has 2 fully saturated rings. The molecule has 0 radical (unpaired) electrons. The van der Waals surface area contributed by atoms with Crippen LogP contribution in [0.15, 0.2) is 42.5 Å². The fourth-order valence-electron chi connectivity index (χ4n) is 4.58. The molecule has 34 heavy (non-hydrogen) atoms. The molecule has 0 bridgehead atoms. The Hall–Kier alpha value is -2.90. The number of nitrogens with zero attached hydrogens (tertiary/aromatic N) is 1. The van der Waals surface area contributed by atoms with Gasteiger partial charge < -0.3 is 10.1 Å². The zero-order chi connectivity index (χ0) is 24.6. The zero-order valence-corrected chi connectivity index (χ0v) is 20.2. The fraction of sp³-hybridized carbons (Fsp3) is 0.360. The summed E-state index contributed by atoms with van der Waals surface area (Å²) in [6, 6.07) is 11.7. The summed E-state index contributed by atoms with van der Waals surface area (Å²) >= 11 is 12.5. The quantitative estimate of drug-likeness (QED) is 0.375. The molecule has 7 nitrogen and oxygen atoms in total. The average molecular weight is 503 g/mol. The number of alkyl halides is 2. The Morgan fingerprint density at radius 1 is 0.971 bits per heavy atom. The van der Waals surface area contributed by atoms with E-state index >= 15 is 0 Å². The van der Waals surface area contributed by atoms with Gasteiger partial charge in [0.05, 0.1) is 33.8 Å². The van der Waals surface area contributed by atoms with Crippen LogP contribution in [0.25, 0.3) is 0 Å². The Morgan fingerprint density at radius 3 is 2.15 bits per heavy atom. The number of carbonyl (C=O) groups excluding carboxylic acids is 4. The first kappa shape index (κ1) is 24.2. The van der Waals surface area contributed by atoms with Gasteiger partial charge in [-0.25, -0.2) is 4.79 Å². The van der Waals surface area contributed by atoms with Crippen molar-refractivity contribution < 1.29 is 23.9 Å². The Balaban J connectivity index is 1.42. The van der Waals surface area contributed by atoms with Crippen molar-refractivity contribution in [3.05, 3.63) is 59.2 Å². The molecule has 3 amide bonds. The molecule has 2 aromatic carbocycles. The van der Waals surface area contributed by atoms with E-state index < -0.39 is 30.3 Å². The second-order valence-electron chi connectivity index (χ2n) is 8.78. The van der Waals surface area contributed by atoms with Gasteiger partial charge in [0.15, 0.2) is 6.61 Å². The maximum Gasteiger partial charge on any atom is 0.338 e. The molecule has 2 aromatic rings.